The fourth-order valence-electron chi connectivity index (χ4n) is 4.49. The van der Waals surface area contributed by atoms with Crippen molar-refractivity contribution in [3.05, 3.63) is 53.5 Å². The third-order valence-electron chi connectivity index (χ3n) is 6.49. The summed E-state index contributed by atoms with van der Waals surface area (Å²) in [6, 6.07) is 9.70. The highest BCUT2D eigenvalue weighted by Crippen LogP contribution is 2.38. The summed E-state index contributed by atoms with van der Waals surface area (Å²) in [7, 11) is 1.31. The molecule has 0 unspecified atom stereocenters. The number of esters is 1. The lowest BCUT2D eigenvalue weighted by Gasteiger charge is -2.22. The van der Waals surface area contributed by atoms with E-state index in [1.807, 2.05) is 30.3 Å². The van der Waals surface area contributed by atoms with E-state index in [4.69, 9.17) is 26.1 Å². The molecule has 3 heterocycles. The number of carbonyl (C=O) groups is 3. The lowest BCUT2D eigenvalue weighted by atomic mass is 9.88. The summed E-state index contributed by atoms with van der Waals surface area (Å²) in [5, 5.41) is 0.228. The molecule has 1 aromatic carbocycles. The van der Waals surface area contributed by atoms with E-state index in [1.54, 1.807) is 34.4 Å². The quantitative estimate of drug-likeness (QED) is 0.472. The van der Waals surface area contributed by atoms with Gasteiger partial charge in [-0.3, -0.25) is 23.9 Å². The van der Waals surface area contributed by atoms with Crippen molar-refractivity contribution in [1.82, 2.24) is 14.5 Å². The molecule has 2 aliphatic heterocycles. The first-order chi connectivity index (χ1) is 17.2. The third-order valence-corrected chi connectivity index (χ3v) is 6.76. The summed E-state index contributed by atoms with van der Waals surface area (Å²) in [6.07, 6.45) is 3.89. The molecule has 2 fully saturated rings. The molecule has 9 nitrogen and oxygen atoms in total. The van der Waals surface area contributed by atoms with Crippen molar-refractivity contribution in [2.75, 3.05) is 25.1 Å². The van der Waals surface area contributed by atoms with Crippen molar-refractivity contribution in [1.29, 1.82) is 0 Å². The molecule has 1 aromatic heterocycles. The predicted octanol–water partition coefficient (Wildman–Crippen LogP) is 3.79. The minimum absolute atomic E-state index is 0.0248. The van der Waals surface area contributed by atoms with E-state index in [9.17, 15) is 14.4 Å². The van der Waals surface area contributed by atoms with Crippen molar-refractivity contribution in [2.45, 2.75) is 58.3 Å². The Bertz CT molecular complexity index is 1170. The van der Waals surface area contributed by atoms with E-state index in [-0.39, 0.29) is 23.6 Å². The van der Waals surface area contributed by atoms with Crippen molar-refractivity contribution in [3.63, 3.8) is 0 Å². The highest BCUT2D eigenvalue weighted by atomic mass is 35.5. The number of amides is 2. The molecule has 0 bridgehead atoms. The largest absolute Gasteiger partial charge is 0.468 e. The molecule has 2 saturated heterocycles. The average Bonchev–Trinajstić information content (AvgIpc) is 3.58. The summed E-state index contributed by atoms with van der Waals surface area (Å²) >= 11 is 6.86. The smallest absolute Gasteiger partial charge is 0.317 e. The van der Waals surface area contributed by atoms with Gasteiger partial charge < -0.3 is 14.4 Å². The van der Waals surface area contributed by atoms with E-state index in [0.717, 1.165) is 12.0 Å². The number of halogens is 1. The first-order valence-corrected chi connectivity index (χ1v) is 12.4. The van der Waals surface area contributed by atoms with Crippen LogP contribution in [0.4, 0.5) is 5.95 Å². The van der Waals surface area contributed by atoms with Gasteiger partial charge in [-0.15, -0.1) is 0 Å². The average molecular weight is 515 g/mol. The van der Waals surface area contributed by atoms with Crippen LogP contribution in [0.2, 0.25) is 0 Å². The standard InChI is InChI=1S/C26H31ClN4O5/c1-26(2,24(34)35-3)23-22(19(27)15-29-13-7-11-20(29)32)31(17-36-16-18-9-5-4-6-10-18)25(28-23)30-14-8-12-21(30)33/h4-6,9-10,15H,7-8,11-14,16-17H2,1-3H3/b19-15+. The summed E-state index contributed by atoms with van der Waals surface area (Å²) < 4.78 is 12.8. The zero-order valence-corrected chi connectivity index (χ0v) is 21.6. The number of methoxy groups -OCH3 is 1. The van der Waals surface area contributed by atoms with Gasteiger partial charge in [-0.05, 0) is 32.3 Å². The molecule has 0 atom stereocenters. The molecule has 192 valence electrons. The topological polar surface area (TPSA) is 94.0 Å². The fourth-order valence-corrected chi connectivity index (χ4v) is 4.80. The Kier molecular flexibility index (Phi) is 7.80. The molecule has 0 aliphatic carbocycles. The Morgan fingerprint density at radius 3 is 2.42 bits per heavy atom. The van der Waals surface area contributed by atoms with E-state index in [2.05, 4.69) is 0 Å². The molecular formula is C26H31ClN4O5. The molecular weight excluding hydrogens is 484 g/mol. The number of imidazole rings is 1. The summed E-state index contributed by atoms with van der Waals surface area (Å²) in [5.41, 5.74) is 0.558. The first kappa shape index (κ1) is 25.9. The lowest BCUT2D eigenvalue weighted by molar-refractivity contribution is -0.146. The van der Waals surface area contributed by atoms with Crippen LogP contribution < -0.4 is 4.90 Å². The molecule has 0 radical (unpaired) electrons. The van der Waals surface area contributed by atoms with Gasteiger partial charge >= 0.3 is 5.97 Å². The van der Waals surface area contributed by atoms with Crippen LogP contribution in [0.15, 0.2) is 36.5 Å². The Morgan fingerprint density at radius 2 is 1.81 bits per heavy atom. The molecule has 2 aliphatic rings. The number of nitrogens with zero attached hydrogens (tertiary/aromatic N) is 4. The maximum absolute atomic E-state index is 12.8. The van der Waals surface area contributed by atoms with Crippen molar-refractivity contribution in [2.24, 2.45) is 0 Å². The van der Waals surface area contributed by atoms with Gasteiger partial charge in [0.15, 0.2) is 0 Å². The van der Waals surface area contributed by atoms with Gasteiger partial charge in [-0.1, -0.05) is 41.9 Å². The number of carbonyl (C=O) groups excluding carboxylic acids is 3. The lowest BCUT2D eigenvalue weighted by Crippen LogP contribution is -2.32. The van der Waals surface area contributed by atoms with Crippen LogP contribution in [0, 0.1) is 0 Å². The van der Waals surface area contributed by atoms with E-state index in [1.165, 1.54) is 7.11 Å². The Morgan fingerprint density at radius 1 is 1.11 bits per heavy atom. The Balaban J connectivity index is 1.82. The minimum atomic E-state index is -1.19. The van der Waals surface area contributed by atoms with Crippen LogP contribution in [0.25, 0.3) is 5.03 Å². The SMILES string of the molecule is COC(=O)C(C)(C)c1nc(N2CCCC2=O)n(COCc2ccccc2)c1/C(Cl)=C\N1CCCC1=O. The molecule has 36 heavy (non-hydrogen) atoms. The number of benzene rings is 1. The molecule has 4 rings (SSSR count). The van der Waals surface area contributed by atoms with Gasteiger partial charge in [0.25, 0.3) is 0 Å². The Hall–Kier alpha value is -3.17. The molecule has 0 saturated carbocycles. The molecule has 0 spiro atoms. The van der Waals surface area contributed by atoms with Crippen LogP contribution in [0.1, 0.15) is 56.5 Å². The third kappa shape index (κ3) is 5.17. The number of hydrogen-bond acceptors (Lipinski definition) is 6. The summed E-state index contributed by atoms with van der Waals surface area (Å²) in [4.78, 5) is 45.8. The van der Waals surface area contributed by atoms with E-state index in [0.29, 0.717) is 56.3 Å². The van der Waals surface area contributed by atoms with E-state index < -0.39 is 11.4 Å². The first-order valence-electron chi connectivity index (χ1n) is 12.0. The predicted molar refractivity (Wildman–Crippen MR) is 135 cm³/mol. The number of ether oxygens (including phenoxy) is 2. The van der Waals surface area contributed by atoms with Gasteiger partial charge in [-0.25, -0.2) is 4.98 Å². The highest BCUT2D eigenvalue weighted by molar-refractivity contribution is 6.48. The van der Waals surface area contributed by atoms with Crippen LogP contribution >= 0.6 is 11.6 Å². The number of hydrogen-bond donors (Lipinski definition) is 0. The molecule has 10 heteroatoms. The maximum Gasteiger partial charge on any atom is 0.317 e. The molecule has 2 amide bonds. The second-order valence-electron chi connectivity index (χ2n) is 9.43. The van der Waals surface area contributed by atoms with Gasteiger partial charge in [-0.2, -0.15) is 0 Å². The van der Waals surface area contributed by atoms with Crippen LogP contribution in [-0.4, -0.2) is 52.4 Å². The Labute approximate surface area is 215 Å². The molecule has 0 N–H and O–H groups in total. The second-order valence-corrected chi connectivity index (χ2v) is 9.84. The number of rotatable bonds is 9. The highest BCUT2D eigenvalue weighted by Gasteiger charge is 2.40. The monoisotopic (exact) mass is 514 g/mol. The van der Waals surface area contributed by atoms with Gasteiger partial charge in [0, 0.05) is 32.1 Å². The van der Waals surface area contributed by atoms with Gasteiger partial charge in [0.1, 0.15) is 12.1 Å². The second kappa shape index (κ2) is 10.8. The number of anilines is 1. The molecule has 2 aromatic rings. The van der Waals surface area contributed by atoms with E-state index >= 15 is 0 Å². The van der Waals surface area contributed by atoms with Crippen molar-refractivity contribution >= 4 is 40.4 Å². The van der Waals surface area contributed by atoms with Crippen molar-refractivity contribution < 1.29 is 23.9 Å². The fraction of sp³-hybridized carbons (Fsp3) is 0.462. The number of aromatic nitrogens is 2. The van der Waals surface area contributed by atoms with Gasteiger partial charge in [0.05, 0.1) is 30.1 Å². The van der Waals surface area contributed by atoms with Crippen molar-refractivity contribution in [3.8, 4) is 0 Å². The number of likely N-dealkylation sites (tertiary alicyclic amines) is 1. The van der Waals surface area contributed by atoms with Crippen LogP contribution in [-0.2, 0) is 42.6 Å². The minimum Gasteiger partial charge on any atom is -0.468 e. The van der Waals surface area contributed by atoms with Gasteiger partial charge in [0.2, 0.25) is 17.8 Å². The maximum atomic E-state index is 12.8. The zero-order valence-electron chi connectivity index (χ0n) is 20.8. The summed E-state index contributed by atoms with van der Waals surface area (Å²) in [5.74, 6) is -0.233. The van der Waals surface area contributed by atoms with Crippen LogP contribution in [0.3, 0.4) is 0 Å². The summed E-state index contributed by atoms with van der Waals surface area (Å²) in [6.45, 7) is 4.80. The normalized spacial score (nSPS) is 16.8. The zero-order chi connectivity index (χ0) is 25.9. The van der Waals surface area contributed by atoms with Crippen LogP contribution in [0.5, 0.6) is 0 Å².